The summed E-state index contributed by atoms with van der Waals surface area (Å²) in [6, 6.07) is 5.80. The minimum atomic E-state index is -0.990. The second-order valence-corrected chi connectivity index (χ2v) is 4.83. The molecule has 1 amide bonds. The summed E-state index contributed by atoms with van der Waals surface area (Å²) in [7, 11) is 1.60. The van der Waals surface area contributed by atoms with E-state index in [4.69, 9.17) is 5.11 Å². The van der Waals surface area contributed by atoms with Gasteiger partial charge < -0.3 is 15.3 Å². The van der Waals surface area contributed by atoms with Gasteiger partial charge in [0.05, 0.1) is 6.54 Å². The average molecular weight is 290 g/mol. The van der Waals surface area contributed by atoms with Gasteiger partial charge >= 0.3 is 5.97 Å². The lowest BCUT2D eigenvalue weighted by Crippen LogP contribution is -2.36. The van der Waals surface area contributed by atoms with E-state index in [9.17, 15) is 9.59 Å². The lowest BCUT2D eigenvalue weighted by atomic mass is 10.1. The van der Waals surface area contributed by atoms with Crippen LogP contribution in [0.2, 0.25) is 0 Å². The fraction of sp³-hybridized carbons (Fsp3) is 0.375. The first-order valence-corrected chi connectivity index (χ1v) is 6.95. The van der Waals surface area contributed by atoms with Crippen LogP contribution in [0.3, 0.4) is 0 Å². The molecule has 0 radical (unpaired) electrons. The van der Waals surface area contributed by atoms with Crippen LogP contribution >= 0.6 is 0 Å². The first-order chi connectivity index (χ1) is 9.97. The van der Waals surface area contributed by atoms with Crippen molar-refractivity contribution in [1.82, 2.24) is 5.32 Å². The van der Waals surface area contributed by atoms with Gasteiger partial charge in [-0.2, -0.15) is 0 Å². The highest BCUT2D eigenvalue weighted by Crippen LogP contribution is 2.23. The highest BCUT2D eigenvalue weighted by Gasteiger charge is 2.13. The summed E-state index contributed by atoms with van der Waals surface area (Å²) in [5.41, 5.74) is 2.71. The summed E-state index contributed by atoms with van der Waals surface area (Å²) in [4.78, 5) is 24.3. The number of aryl methyl sites for hydroxylation is 1. The molecule has 0 saturated heterocycles. The lowest BCUT2D eigenvalue weighted by Gasteiger charge is -2.25. The van der Waals surface area contributed by atoms with E-state index < -0.39 is 5.97 Å². The lowest BCUT2D eigenvalue weighted by molar-refractivity contribution is -0.131. The third-order valence-electron chi connectivity index (χ3n) is 3.04. The molecule has 21 heavy (non-hydrogen) atoms. The molecule has 0 bridgehead atoms. The molecule has 0 aliphatic carbocycles. The predicted octanol–water partition coefficient (Wildman–Crippen LogP) is 2.06. The molecular formula is C16H22N2O3. The van der Waals surface area contributed by atoms with E-state index in [0.29, 0.717) is 0 Å². The number of hydrogen-bond donors (Lipinski definition) is 2. The average Bonchev–Trinajstić information content (AvgIpc) is 2.44. The highest BCUT2D eigenvalue weighted by molar-refractivity contribution is 5.88. The number of nitrogens with one attached hydrogen (secondary N) is 1. The van der Waals surface area contributed by atoms with Crippen molar-refractivity contribution in [3.8, 4) is 0 Å². The van der Waals surface area contributed by atoms with E-state index in [1.807, 2.05) is 36.9 Å². The molecule has 0 spiro atoms. The molecule has 0 heterocycles. The Morgan fingerprint density at radius 3 is 2.67 bits per heavy atom. The number of amides is 1. The summed E-state index contributed by atoms with van der Waals surface area (Å²) in [6.07, 6.45) is 3.58. The Morgan fingerprint density at radius 2 is 2.10 bits per heavy atom. The Hall–Kier alpha value is -2.30. The molecule has 0 atom stereocenters. The minimum absolute atomic E-state index is 0.0720. The quantitative estimate of drug-likeness (QED) is 0.754. The zero-order valence-electron chi connectivity index (χ0n) is 12.7. The molecular weight excluding hydrogens is 268 g/mol. The zero-order chi connectivity index (χ0) is 15.8. The van der Waals surface area contributed by atoms with Gasteiger partial charge in [0, 0.05) is 25.4 Å². The summed E-state index contributed by atoms with van der Waals surface area (Å²) in [5.74, 6) is -1.06. The molecule has 0 aromatic heterocycles. The van der Waals surface area contributed by atoms with Crippen LogP contribution in [0.4, 0.5) is 5.69 Å². The molecule has 0 saturated carbocycles. The van der Waals surface area contributed by atoms with E-state index in [1.165, 1.54) is 0 Å². The van der Waals surface area contributed by atoms with E-state index in [0.717, 1.165) is 35.9 Å². The number of likely N-dealkylation sites (N-methyl/N-ethyl adjacent to an activating group) is 1. The smallest absolute Gasteiger partial charge is 0.328 e. The number of anilines is 1. The number of carboxylic acid groups (broad SMARTS) is 1. The van der Waals surface area contributed by atoms with Crippen LogP contribution in [0.25, 0.3) is 6.08 Å². The first kappa shape index (κ1) is 16.8. The van der Waals surface area contributed by atoms with Gasteiger partial charge in [-0.25, -0.2) is 4.79 Å². The van der Waals surface area contributed by atoms with Crippen molar-refractivity contribution in [2.24, 2.45) is 0 Å². The molecule has 2 N–H and O–H groups in total. The molecule has 0 aliphatic rings. The second-order valence-electron chi connectivity index (χ2n) is 4.83. The Balaban J connectivity index is 3.16. The maximum absolute atomic E-state index is 11.6. The van der Waals surface area contributed by atoms with Gasteiger partial charge in [0.2, 0.25) is 5.91 Å². The van der Waals surface area contributed by atoms with E-state index in [-0.39, 0.29) is 12.5 Å². The monoisotopic (exact) mass is 290 g/mol. The fourth-order valence-electron chi connectivity index (χ4n) is 2.06. The number of rotatable bonds is 7. The maximum Gasteiger partial charge on any atom is 0.328 e. The standard InChI is InChI=1S/C16H22N2O3/c1-4-9-18(11-15(19)17-3)14-7-5-12(2)10-13(14)6-8-16(20)21/h5-8,10H,4,9,11H2,1-3H3,(H,17,19)(H,20,21)/b8-6+. The number of carbonyl (C=O) groups is 2. The van der Waals surface area contributed by atoms with Crippen LogP contribution < -0.4 is 10.2 Å². The van der Waals surface area contributed by atoms with Crippen molar-refractivity contribution < 1.29 is 14.7 Å². The number of aliphatic carboxylic acids is 1. The number of hydrogen-bond acceptors (Lipinski definition) is 3. The second kappa shape index (κ2) is 8.09. The molecule has 1 rings (SSSR count). The third-order valence-corrected chi connectivity index (χ3v) is 3.04. The number of benzene rings is 1. The van der Waals surface area contributed by atoms with Gasteiger partial charge in [-0.05, 0) is 37.1 Å². The van der Waals surface area contributed by atoms with Crippen molar-refractivity contribution in [1.29, 1.82) is 0 Å². The highest BCUT2D eigenvalue weighted by atomic mass is 16.4. The van der Waals surface area contributed by atoms with Crippen molar-refractivity contribution in [2.45, 2.75) is 20.3 Å². The van der Waals surface area contributed by atoms with Gasteiger partial charge in [0.15, 0.2) is 0 Å². The molecule has 114 valence electrons. The van der Waals surface area contributed by atoms with Crippen molar-refractivity contribution >= 4 is 23.6 Å². The van der Waals surface area contributed by atoms with Crippen LogP contribution in [0.15, 0.2) is 24.3 Å². The largest absolute Gasteiger partial charge is 0.478 e. The molecule has 5 heteroatoms. The zero-order valence-corrected chi connectivity index (χ0v) is 12.7. The van der Waals surface area contributed by atoms with Crippen molar-refractivity contribution in [2.75, 3.05) is 25.0 Å². The van der Waals surface area contributed by atoms with Gasteiger partial charge in [0.1, 0.15) is 0 Å². The van der Waals surface area contributed by atoms with E-state index in [2.05, 4.69) is 5.32 Å². The molecule has 1 aromatic carbocycles. The minimum Gasteiger partial charge on any atom is -0.478 e. The van der Waals surface area contributed by atoms with E-state index >= 15 is 0 Å². The number of nitrogens with zero attached hydrogens (tertiary/aromatic N) is 1. The number of carboxylic acids is 1. The predicted molar refractivity (Wildman–Crippen MR) is 84.4 cm³/mol. The topological polar surface area (TPSA) is 69.6 Å². The molecule has 0 aliphatic heterocycles. The fourth-order valence-corrected chi connectivity index (χ4v) is 2.06. The van der Waals surface area contributed by atoms with Crippen molar-refractivity contribution in [3.63, 3.8) is 0 Å². The summed E-state index contributed by atoms with van der Waals surface area (Å²) >= 11 is 0. The Bertz CT molecular complexity index is 538. The molecule has 0 unspecified atom stereocenters. The van der Waals surface area contributed by atoms with Crippen LogP contribution in [0, 0.1) is 6.92 Å². The summed E-state index contributed by atoms with van der Waals surface area (Å²) in [6.45, 7) is 4.97. The van der Waals surface area contributed by atoms with Crippen LogP contribution in [0.1, 0.15) is 24.5 Å². The van der Waals surface area contributed by atoms with E-state index in [1.54, 1.807) is 13.1 Å². The van der Waals surface area contributed by atoms with Crippen molar-refractivity contribution in [3.05, 3.63) is 35.4 Å². The maximum atomic E-state index is 11.6. The number of carbonyl (C=O) groups excluding carboxylic acids is 1. The Labute approximate surface area is 125 Å². The first-order valence-electron chi connectivity index (χ1n) is 6.95. The van der Waals surface area contributed by atoms with Crippen LogP contribution in [-0.4, -0.2) is 37.1 Å². The van der Waals surface area contributed by atoms with Gasteiger partial charge in [-0.3, -0.25) is 4.79 Å². The van der Waals surface area contributed by atoms with Gasteiger partial charge in [-0.15, -0.1) is 0 Å². The van der Waals surface area contributed by atoms with Crippen LogP contribution in [-0.2, 0) is 9.59 Å². The Kier molecular flexibility index (Phi) is 6.46. The molecule has 5 nitrogen and oxygen atoms in total. The van der Waals surface area contributed by atoms with Gasteiger partial charge in [0.25, 0.3) is 0 Å². The summed E-state index contributed by atoms with van der Waals surface area (Å²) in [5, 5.41) is 11.4. The SMILES string of the molecule is CCCN(CC(=O)NC)c1ccc(C)cc1/C=C/C(=O)O. The molecule has 1 aromatic rings. The summed E-state index contributed by atoms with van der Waals surface area (Å²) < 4.78 is 0. The Morgan fingerprint density at radius 1 is 1.38 bits per heavy atom. The van der Waals surface area contributed by atoms with Crippen LogP contribution in [0.5, 0.6) is 0 Å². The molecule has 0 fully saturated rings. The normalized spacial score (nSPS) is 10.6. The third kappa shape index (κ3) is 5.30. The van der Waals surface area contributed by atoms with Gasteiger partial charge in [-0.1, -0.05) is 18.6 Å².